The summed E-state index contributed by atoms with van der Waals surface area (Å²) in [4.78, 5) is 7.94. The van der Waals surface area contributed by atoms with Crippen LogP contribution >= 0.6 is 0 Å². The summed E-state index contributed by atoms with van der Waals surface area (Å²) in [6.45, 7) is 0.803. The quantitative estimate of drug-likeness (QED) is 0.750. The van der Waals surface area contributed by atoms with Crippen molar-refractivity contribution >= 4 is 5.82 Å². The van der Waals surface area contributed by atoms with E-state index in [2.05, 4.69) is 15.3 Å². The number of anilines is 1. The number of nitrogens with zero attached hydrogens (tertiary/aromatic N) is 3. The van der Waals surface area contributed by atoms with E-state index in [-0.39, 0.29) is 6.10 Å². The first-order chi connectivity index (χ1) is 7.28. The molecule has 1 heterocycles. The number of hydrogen-bond acceptors (Lipinski definition) is 5. The molecule has 0 spiro atoms. The molecule has 0 atom stereocenters. The third-order valence-corrected chi connectivity index (χ3v) is 2.55. The number of nitrogens with one attached hydrogen (secondary N) is 1. The smallest absolute Gasteiger partial charge is 0.158 e. The Morgan fingerprint density at radius 2 is 2.27 bits per heavy atom. The van der Waals surface area contributed by atoms with E-state index in [4.69, 9.17) is 10.4 Å². The van der Waals surface area contributed by atoms with E-state index in [1.807, 2.05) is 6.07 Å². The average Bonchev–Trinajstić information content (AvgIpc) is 2.23. The molecule has 5 heteroatoms. The lowest BCUT2D eigenvalue weighted by atomic mass is 9.82. The Kier molecular flexibility index (Phi) is 2.79. The number of aromatic nitrogens is 2. The molecule has 1 fully saturated rings. The van der Waals surface area contributed by atoms with Gasteiger partial charge in [0.05, 0.1) is 18.5 Å². The van der Waals surface area contributed by atoms with Gasteiger partial charge in [-0.25, -0.2) is 9.97 Å². The average molecular weight is 204 g/mol. The minimum Gasteiger partial charge on any atom is -0.393 e. The van der Waals surface area contributed by atoms with E-state index >= 15 is 0 Å². The molecule has 2 N–H and O–H groups in total. The summed E-state index contributed by atoms with van der Waals surface area (Å²) in [5.74, 6) is 1.20. The first-order valence-corrected chi connectivity index (χ1v) is 4.92. The molecule has 1 aliphatic carbocycles. The molecule has 2 rings (SSSR count). The fourth-order valence-electron chi connectivity index (χ4n) is 1.59. The van der Waals surface area contributed by atoms with Gasteiger partial charge in [0.25, 0.3) is 0 Å². The van der Waals surface area contributed by atoms with Crippen LogP contribution in [-0.4, -0.2) is 27.7 Å². The zero-order valence-electron chi connectivity index (χ0n) is 8.22. The van der Waals surface area contributed by atoms with Crippen molar-refractivity contribution in [2.75, 3.05) is 11.9 Å². The lowest BCUT2D eigenvalue weighted by molar-refractivity contribution is 0.0486. The van der Waals surface area contributed by atoms with Gasteiger partial charge >= 0.3 is 0 Å². The van der Waals surface area contributed by atoms with Gasteiger partial charge in [0.2, 0.25) is 0 Å². The molecule has 0 amide bonds. The number of nitriles is 1. The monoisotopic (exact) mass is 204 g/mol. The van der Waals surface area contributed by atoms with Crippen molar-refractivity contribution < 1.29 is 5.11 Å². The van der Waals surface area contributed by atoms with Crippen LogP contribution in [0.5, 0.6) is 0 Å². The number of aliphatic hydroxyl groups excluding tert-OH is 1. The van der Waals surface area contributed by atoms with Crippen molar-refractivity contribution in [2.45, 2.75) is 18.9 Å². The zero-order valence-corrected chi connectivity index (χ0v) is 8.22. The van der Waals surface area contributed by atoms with E-state index in [0.29, 0.717) is 17.4 Å². The second-order valence-electron chi connectivity index (χ2n) is 3.77. The molecular weight excluding hydrogens is 192 g/mol. The van der Waals surface area contributed by atoms with Gasteiger partial charge in [-0.05, 0) is 18.8 Å². The number of aliphatic hydroxyl groups is 1. The highest BCUT2D eigenvalue weighted by molar-refractivity contribution is 5.33. The molecule has 1 aromatic rings. The van der Waals surface area contributed by atoms with Gasteiger partial charge in [0.1, 0.15) is 11.9 Å². The fourth-order valence-corrected chi connectivity index (χ4v) is 1.59. The van der Waals surface area contributed by atoms with Crippen LogP contribution < -0.4 is 5.32 Å². The first kappa shape index (κ1) is 9.87. The summed E-state index contributed by atoms with van der Waals surface area (Å²) in [5, 5.41) is 20.7. The van der Waals surface area contributed by atoms with Crippen molar-refractivity contribution in [3.8, 4) is 6.07 Å². The number of hydrogen-bond donors (Lipinski definition) is 2. The van der Waals surface area contributed by atoms with Crippen LogP contribution in [0.25, 0.3) is 0 Å². The third-order valence-electron chi connectivity index (χ3n) is 2.55. The summed E-state index contributed by atoms with van der Waals surface area (Å²) < 4.78 is 0. The highest BCUT2D eigenvalue weighted by Gasteiger charge is 2.26. The van der Waals surface area contributed by atoms with Crippen LogP contribution in [0, 0.1) is 17.2 Å². The Morgan fingerprint density at radius 1 is 1.47 bits per heavy atom. The third kappa shape index (κ3) is 2.42. The van der Waals surface area contributed by atoms with Gasteiger partial charge in [-0.15, -0.1) is 0 Å². The molecule has 1 saturated carbocycles. The Bertz CT molecular complexity index is 364. The van der Waals surface area contributed by atoms with Gasteiger partial charge in [-0.2, -0.15) is 5.26 Å². The predicted molar refractivity (Wildman–Crippen MR) is 54.0 cm³/mol. The Labute approximate surface area is 87.8 Å². The van der Waals surface area contributed by atoms with Crippen LogP contribution in [0.4, 0.5) is 5.82 Å². The van der Waals surface area contributed by atoms with E-state index in [1.54, 1.807) is 6.20 Å². The van der Waals surface area contributed by atoms with Crippen molar-refractivity contribution in [1.29, 1.82) is 5.26 Å². The summed E-state index contributed by atoms with van der Waals surface area (Å²) in [6.07, 6.45) is 4.59. The second-order valence-corrected chi connectivity index (χ2v) is 3.77. The molecule has 1 aliphatic rings. The molecule has 78 valence electrons. The standard InChI is InChI=1S/C10H12N4O/c11-3-8-5-14-10(6-12-8)13-4-7-1-9(15)2-7/h5-7,9,15H,1-2,4H2,(H,13,14). The largest absolute Gasteiger partial charge is 0.393 e. The lowest BCUT2D eigenvalue weighted by Crippen LogP contribution is -2.33. The van der Waals surface area contributed by atoms with Gasteiger partial charge in [0.15, 0.2) is 5.69 Å². The topological polar surface area (TPSA) is 81.8 Å². The van der Waals surface area contributed by atoms with Gasteiger partial charge in [-0.1, -0.05) is 0 Å². The highest BCUT2D eigenvalue weighted by atomic mass is 16.3. The van der Waals surface area contributed by atoms with Gasteiger partial charge in [-0.3, -0.25) is 0 Å². The van der Waals surface area contributed by atoms with Crippen LogP contribution in [0.3, 0.4) is 0 Å². The summed E-state index contributed by atoms with van der Waals surface area (Å²) >= 11 is 0. The van der Waals surface area contributed by atoms with Crippen LogP contribution in [0.1, 0.15) is 18.5 Å². The summed E-state index contributed by atoms with van der Waals surface area (Å²) in [6, 6.07) is 1.91. The van der Waals surface area contributed by atoms with Crippen molar-refractivity contribution in [2.24, 2.45) is 5.92 Å². The van der Waals surface area contributed by atoms with Crippen LogP contribution in [-0.2, 0) is 0 Å². The van der Waals surface area contributed by atoms with E-state index in [0.717, 1.165) is 19.4 Å². The second kappa shape index (κ2) is 4.24. The lowest BCUT2D eigenvalue weighted by Gasteiger charge is -2.31. The molecule has 0 bridgehead atoms. The Hall–Kier alpha value is -1.67. The molecule has 0 unspecified atom stereocenters. The van der Waals surface area contributed by atoms with Gasteiger partial charge < -0.3 is 10.4 Å². The normalized spacial score (nSPS) is 24.0. The predicted octanol–water partition coefficient (Wildman–Crippen LogP) is 0.531. The highest BCUT2D eigenvalue weighted by Crippen LogP contribution is 2.26. The van der Waals surface area contributed by atoms with Crippen molar-refractivity contribution in [1.82, 2.24) is 9.97 Å². The maximum Gasteiger partial charge on any atom is 0.158 e. The maximum atomic E-state index is 9.09. The molecule has 0 radical (unpaired) electrons. The Morgan fingerprint density at radius 3 is 2.80 bits per heavy atom. The fraction of sp³-hybridized carbons (Fsp3) is 0.500. The molecule has 0 aliphatic heterocycles. The number of rotatable bonds is 3. The van der Waals surface area contributed by atoms with Crippen LogP contribution in [0.15, 0.2) is 12.4 Å². The maximum absolute atomic E-state index is 9.09. The minimum absolute atomic E-state index is 0.121. The van der Waals surface area contributed by atoms with E-state index in [1.165, 1.54) is 6.20 Å². The van der Waals surface area contributed by atoms with Gasteiger partial charge in [0, 0.05) is 6.54 Å². The van der Waals surface area contributed by atoms with E-state index in [9.17, 15) is 0 Å². The molecule has 5 nitrogen and oxygen atoms in total. The molecule has 0 aromatic carbocycles. The SMILES string of the molecule is N#Cc1cnc(NCC2CC(O)C2)cn1. The summed E-state index contributed by atoms with van der Waals surface area (Å²) in [5.41, 5.74) is 0.319. The summed E-state index contributed by atoms with van der Waals surface area (Å²) in [7, 11) is 0. The van der Waals surface area contributed by atoms with E-state index < -0.39 is 0 Å². The zero-order chi connectivity index (χ0) is 10.7. The molecule has 1 aromatic heterocycles. The van der Waals surface area contributed by atoms with Crippen LogP contribution in [0.2, 0.25) is 0 Å². The van der Waals surface area contributed by atoms with Crippen molar-refractivity contribution in [3.05, 3.63) is 18.1 Å². The minimum atomic E-state index is -0.121. The first-order valence-electron chi connectivity index (χ1n) is 4.92. The molecule has 15 heavy (non-hydrogen) atoms. The molecule has 0 saturated heterocycles. The van der Waals surface area contributed by atoms with Crippen molar-refractivity contribution in [3.63, 3.8) is 0 Å². The molecular formula is C10H12N4O. The Balaban J connectivity index is 1.81.